The largest absolute Gasteiger partial charge is 0.497 e. The third-order valence-electron chi connectivity index (χ3n) is 4.08. The molecule has 1 aliphatic rings. The van der Waals surface area contributed by atoms with Crippen molar-refractivity contribution in [1.29, 1.82) is 0 Å². The lowest BCUT2D eigenvalue weighted by atomic mass is 9.85. The normalized spacial score (nSPS) is 14.5. The number of aromatic nitrogens is 2. The number of hydrogen-bond donors (Lipinski definition) is 2. The van der Waals surface area contributed by atoms with Gasteiger partial charge in [0.2, 0.25) is 0 Å². The molecular weight excluding hydrogens is 276 g/mol. The number of nitrogens with one attached hydrogen (secondary N) is 1. The number of rotatable bonds is 6. The minimum atomic E-state index is 0.507. The molecule has 0 aliphatic heterocycles. The van der Waals surface area contributed by atoms with E-state index < -0.39 is 0 Å². The second-order valence-electron chi connectivity index (χ2n) is 5.57. The van der Waals surface area contributed by atoms with Crippen molar-refractivity contribution >= 4 is 5.69 Å². The van der Waals surface area contributed by atoms with E-state index in [4.69, 9.17) is 15.5 Å². The summed E-state index contributed by atoms with van der Waals surface area (Å²) in [5.41, 5.74) is 8.46. The van der Waals surface area contributed by atoms with Gasteiger partial charge in [-0.25, -0.2) is 9.97 Å². The number of ether oxygens (including phenoxy) is 1. The van der Waals surface area contributed by atoms with Crippen molar-refractivity contribution in [2.75, 3.05) is 25.5 Å². The fourth-order valence-electron chi connectivity index (χ4n) is 2.59. The molecule has 0 radical (unpaired) electrons. The molecule has 0 saturated heterocycles. The summed E-state index contributed by atoms with van der Waals surface area (Å²) < 4.78 is 5.32. The fraction of sp³-hybridized carbons (Fsp3) is 0.412. The van der Waals surface area contributed by atoms with Crippen molar-refractivity contribution in [2.45, 2.75) is 25.2 Å². The number of anilines is 1. The van der Waals surface area contributed by atoms with E-state index in [1.54, 1.807) is 7.11 Å². The molecule has 2 aromatic rings. The number of benzene rings is 1. The Kier molecular flexibility index (Phi) is 4.53. The standard InChI is InChI=1S/C17H22N4O/c1-22-14-7-3-6-13(10-14)16-15(19-9-8-18)11-20-17(21-16)12-4-2-5-12/h3,6-7,10-12,19H,2,4-5,8-9,18H2,1H3. The minimum absolute atomic E-state index is 0.507. The summed E-state index contributed by atoms with van der Waals surface area (Å²) in [4.78, 5) is 9.36. The molecule has 5 heteroatoms. The number of hydrogen-bond acceptors (Lipinski definition) is 5. The van der Waals surface area contributed by atoms with Crippen LogP contribution in [0.25, 0.3) is 11.3 Å². The molecule has 22 heavy (non-hydrogen) atoms. The Labute approximate surface area is 130 Å². The van der Waals surface area contributed by atoms with E-state index in [0.29, 0.717) is 19.0 Å². The van der Waals surface area contributed by atoms with Crippen molar-refractivity contribution in [3.8, 4) is 17.0 Å². The van der Waals surface area contributed by atoms with Crippen LogP contribution in [0, 0.1) is 0 Å². The Morgan fingerprint density at radius 3 is 2.91 bits per heavy atom. The van der Waals surface area contributed by atoms with Crippen LogP contribution >= 0.6 is 0 Å². The van der Waals surface area contributed by atoms with Crippen LogP contribution in [0.15, 0.2) is 30.5 Å². The zero-order valence-electron chi connectivity index (χ0n) is 12.9. The predicted molar refractivity (Wildman–Crippen MR) is 88.2 cm³/mol. The van der Waals surface area contributed by atoms with Crippen LogP contribution < -0.4 is 15.8 Å². The van der Waals surface area contributed by atoms with Gasteiger partial charge in [-0.15, -0.1) is 0 Å². The van der Waals surface area contributed by atoms with E-state index in [1.807, 2.05) is 30.5 Å². The van der Waals surface area contributed by atoms with Gasteiger partial charge in [-0.05, 0) is 25.0 Å². The highest BCUT2D eigenvalue weighted by Gasteiger charge is 2.23. The van der Waals surface area contributed by atoms with E-state index >= 15 is 0 Å². The van der Waals surface area contributed by atoms with Gasteiger partial charge in [-0.2, -0.15) is 0 Å². The average molecular weight is 298 g/mol. The van der Waals surface area contributed by atoms with Crippen molar-refractivity contribution in [2.24, 2.45) is 5.73 Å². The highest BCUT2D eigenvalue weighted by molar-refractivity contribution is 5.74. The van der Waals surface area contributed by atoms with Crippen molar-refractivity contribution < 1.29 is 4.74 Å². The lowest BCUT2D eigenvalue weighted by molar-refractivity contribution is 0.401. The summed E-state index contributed by atoms with van der Waals surface area (Å²) in [6.45, 7) is 1.27. The molecule has 3 rings (SSSR count). The molecule has 1 fully saturated rings. The van der Waals surface area contributed by atoms with Crippen LogP contribution in [0.2, 0.25) is 0 Å². The minimum Gasteiger partial charge on any atom is -0.497 e. The molecule has 0 unspecified atom stereocenters. The maximum absolute atomic E-state index is 5.60. The van der Waals surface area contributed by atoms with Gasteiger partial charge in [0.1, 0.15) is 11.6 Å². The molecular formula is C17H22N4O. The van der Waals surface area contributed by atoms with Gasteiger partial charge in [0.25, 0.3) is 0 Å². The smallest absolute Gasteiger partial charge is 0.132 e. The molecule has 0 spiro atoms. The fourth-order valence-corrected chi connectivity index (χ4v) is 2.59. The van der Waals surface area contributed by atoms with Gasteiger partial charge in [-0.3, -0.25) is 0 Å². The Morgan fingerprint density at radius 1 is 1.36 bits per heavy atom. The lowest BCUT2D eigenvalue weighted by Crippen LogP contribution is -2.16. The first kappa shape index (κ1) is 14.8. The highest BCUT2D eigenvalue weighted by atomic mass is 16.5. The van der Waals surface area contributed by atoms with Crippen LogP contribution in [0.1, 0.15) is 31.0 Å². The molecule has 0 bridgehead atoms. The highest BCUT2D eigenvalue weighted by Crippen LogP contribution is 2.36. The van der Waals surface area contributed by atoms with Crippen molar-refractivity contribution in [1.82, 2.24) is 9.97 Å². The van der Waals surface area contributed by atoms with E-state index in [0.717, 1.165) is 28.5 Å². The van der Waals surface area contributed by atoms with Crippen LogP contribution in [0.4, 0.5) is 5.69 Å². The zero-order chi connectivity index (χ0) is 15.4. The Bertz CT molecular complexity index is 640. The summed E-state index contributed by atoms with van der Waals surface area (Å²) in [5, 5.41) is 3.31. The molecule has 116 valence electrons. The first-order valence-electron chi connectivity index (χ1n) is 7.77. The third-order valence-corrected chi connectivity index (χ3v) is 4.08. The summed E-state index contributed by atoms with van der Waals surface area (Å²) in [7, 11) is 1.67. The molecule has 0 atom stereocenters. The summed E-state index contributed by atoms with van der Waals surface area (Å²) in [6.07, 6.45) is 5.53. The maximum Gasteiger partial charge on any atom is 0.132 e. The second kappa shape index (κ2) is 6.75. The van der Waals surface area contributed by atoms with Gasteiger partial charge in [0.15, 0.2) is 0 Å². The van der Waals surface area contributed by atoms with Gasteiger partial charge >= 0.3 is 0 Å². The molecule has 0 amide bonds. The van der Waals surface area contributed by atoms with Crippen LogP contribution in [0.5, 0.6) is 5.75 Å². The summed E-state index contributed by atoms with van der Waals surface area (Å²) in [6, 6.07) is 7.96. The molecule has 1 heterocycles. The third kappa shape index (κ3) is 3.04. The molecule has 1 saturated carbocycles. The number of nitrogens with zero attached hydrogens (tertiary/aromatic N) is 2. The Hall–Kier alpha value is -2.14. The number of methoxy groups -OCH3 is 1. The molecule has 3 N–H and O–H groups in total. The Balaban J connectivity index is 1.99. The zero-order valence-corrected chi connectivity index (χ0v) is 12.9. The van der Waals surface area contributed by atoms with Crippen LogP contribution in [-0.2, 0) is 0 Å². The number of nitrogens with two attached hydrogens (primary N) is 1. The predicted octanol–water partition coefficient (Wildman–Crippen LogP) is 2.79. The molecule has 1 aromatic carbocycles. The van der Waals surface area contributed by atoms with Crippen molar-refractivity contribution in [3.63, 3.8) is 0 Å². The van der Waals surface area contributed by atoms with Crippen LogP contribution in [0.3, 0.4) is 0 Å². The molecule has 1 aromatic heterocycles. The van der Waals surface area contributed by atoms with E-state index in [2.05, 4.69) is 10.3 Å². The Morgan fingerprint density at radius 2 is 2.23 bits per heavy atom. The van der Waals surface area contributed by atoms with E-state index in [-0.39, 0.29) is 0 Å². The average Bonchev–Trinajstić information content (AvgIpc) is 2.52. The second-order valence-corrected chi connectivity index (χ2v) is 5.57. The van der Waals surface area contributed by atoms with Crippen LogP contribution in [-0.4, -0.2) is 30.2 Å². The monoisotopic (exact) mass is 298 g/mol. The van der Waals surface area contributed by atoms with Gasteiger partial charge < -0.3 is 15.8 Å². The summed E-state index contributed by atoms with van der Waals surface area (Å²) in [5.74, 6) is 2.28. The molecule has 5 nitrogen and oxygen atoms in total. The lowest BCUT2D eigenvalue weighted by Gasteiger charge is -2.24. The first-order chi connectivity index (χ1) is 10.8. The van der Waals surface area contributed by atoms with Gasteiger partial charge in [-0.1, -0.05) is 18.6 Å². The molecule has 1 aliphatic carbocycles. The van der Waals surface area contributed by atoms with E-state index in [9.17, 15) is 0 Å². The van der Waals surface area contributed by atoms with Gasteiger partial charge in [0.05, 0.1) is 24.7 Å². The quantitative estimate of drug-likeness (QED) is 0.858. The SMILES string of the molecule is COc1cccc(-c2nc(C3CCC3)ncc2NCCN)c1. The summed E-state index contributed by atoms with van der Waals surface area (Å²) >= 11 is 0. The topological polar surface area (TPSA) is 73.1 Å². The maximum atomic E-state index is 5.60. The van der Waals surface area contributed by atoms with Gasteiger partial charge in [0, 0.05) is 24.6 Å². The van der Waals surface area contributed by atoms with Crippen molar-refractivity contribution in [3.05, 3.63) is 36.3 Å². The van der Waals surface area contributed by atoms with E-state index in [1.165, 1.54) is 19.3 Å². The first-order valence-corrected chi connectivity index (χ1v) is 7.77.